The molecule has 4 rings (SSSR count). The van der Waals surface area contributed by atoms with Gasteiger partial charge >= 0.3 is 0 Å². The minimum absolute atomic E-state index is 0.0935. The SMILES string of the molecule is CCC(C)c1ccc(NC(=O)CSc2nnc(-c3cccc(Cl)c3)n2-c2ccc(C)cc2)cc1. The number of hydrogen-bond acceptors (Lipinski definition) is 4. The van der Waals surface area contributed by atoms with Crippen LogP contribution in [0.15, 0.2) is 78.0 Å². The number of aryl methyl sites for hydroxylation is 1. The molecule has 34 heavy (non-hydrogen) atoms. The van der Waals surface area contributed by atoms with E-state index in [0.29, 0.717) is 21.9 Å². The average molecular weight is 491 g/mol. The fourth-order valence-corrected chi connectivity index (χ4v) is 4.50. The molecule has 0 aliphatic carbocycles. The zero-order valence-electron chi connectivity index (χ0n) is 19.5. The van der Waals surface area contributed by atoms with Crippen LogP contribution in [-0.2, 0) is 4.79 Å². The van der Waals surface area contributed by atoms with Crippen LogP contribution >= 0.6 is 23.4 Å². The largest absolute Gasteiger partial charge is 0.325 e. The molecule has 1 atom stereocenters. The number of rotatable bonds is 8. The van der Waals surface area contributed by atoms with Gasteiger partial charge in [0.25, 0.3) is 0 Å². The lowest BCUT2D eigenvalue weighted by Crippen LogP contribution is -2.14. The van der Waals surface area contributed by atoms with E-state index in [1.165, 1.54) is 17.3 Å². The van der Waals surface area contributed by atoms with E-state index in [9.17, 15) is 4.79 Å². The number of aromatic nitrogens is 3. The highest BCUT2D eigenvalue weighted by atomic mass is 35.5. The van der Waals surface area contributed by atoms with Crippen LogP contribution in [0.2, 0.25) is 5.02 Å². The molecule has 1 amide bonds. The second-order valence-corrected chi connectivity index (χ2v) is 9.63. The summed E-state index contributed by atoms with van der Waals surface area (Å²) in [5.41, 5.74) is 5.01. The molecule has 0 radical (unpaired) electrons. The zero-order chi connectivity index (χ0) is 24.1. The molecular formula is C27H27ClN4OS. The number of benzene rings is 3. The van der Waals surface area contributed by atoms with E-state index in [-0.39, 0.29) is 11.7 Å². The van der Waals surface area contributed by atoms with E-state index in [4.69, 9.17) is 11.6 Å². The third-order valence-electron chi connectivity index (χ3n) is 5.72. The van der Waals surface area contributed by atoms with Crippen LogP contribution in [-0.4, -0.2) is 26.4 Å². The summed E-state index contributed by atoms with van der Waals surface area (Å²) < 4.78 is 1.96. The van der Waals surface area contributed by atoms with E-state index in [1.54, 1.807) is 0 Å². The Balaban J connectivity index is 1.53. The first-order chi connectivity index (χ1) is 16.4. The molecule has 0 aliphatic rings. The third-order valence-corrected chi connectivity index (χ3v) is 6.88. The van der Waals surface area contributed by atoms with Crippen molar-refractivity contribution in [2.24, 2.45) is 0 Å². The number of nitrogens with zero attached hydrogens (tertiary/aromatic N) is 3. The molecule has 1 N–H and O–H groups in total. The van der Waals surface area contributed by atoms with Crippen molar-refractivity contribution in [1.82, 2.24) is 14.8 Å². The second kappa shape index (κ2) is 10.9. The fraction of sp³-hybridized carbons (Fsp3) is 0.222. The molecule has 4 aromatic rings. The Labute approximate surface area is 209 Å². The summed E-state index contributed by atoms with van der Waals surface area (Å²) in [6.07, 6.45) is 1.08. The number of amides is 1. The zero-order valence-corrected chi connectivity index (χ0v) is 21.0. The van der Waals surface area contributed by atoms with Gasteiger partial charge < -0.3 is 5.32 Å². The Kier molecular flexibility index (Phi) is 7.70. The van der Waals surface area contributed by atoms with Crippen molar-refractivity contribution in [2.45, 2.75) is 38.3 Å². The molecule has 0 aliphatic heterocycles. The predicted molar refractivity (Wildman–Crippen MR) is 141 cm³/mol. The molecule has 7 heteroatoms. The lowest BCUT2D eigenvalue weighted by Gasteiger charge is -2.12. The van der Waals surface area contributed by atoms with Gasteiger partial charge in [0.05, 0.1) is 5.75 Å². The molecule has 1 aromatic heterocycles. The van der Waals surface area contributed by atoms with E-state index < -0.39 is 0 Å². The molecular weight excluding hydrogens is 464 g/mol. The smallest absolute Gasteiger partial charge is 0.234 e. The van der Waals surface area contributed by atoms with Crippen LogP contribution in [0, 0.1) is 6.92 Å². The first-order valence-corrected chi connectivity index (χ1v) is 12.6. The maximum absolute atomic E-state index is 12.7. The van der Waals surface area contributed by atoms with Crippen molar-refractivity contribution in [3.8, 4) is 17.1 Å². The Morgan fingerprint density at radius 2 is 1.79 bits per heavy atom. The molecule has 3 aromatic carbocycles. The predicted octanol–water partition coefficient (Wildman–Crippen LogP) is 7.14. The third kappa shape index (κ3) is 5.69. The maximum atomic E-state index is 12.7. The van der Waals surface area contributed by atoms with Crippen molar-refractivity contribution >= 4 is 35.0 Å². The number of hydrogen-bond donors (Lipinski definition) is 1. The lowest BCUT2D eigenvalue weighted by molar-refractivity contribution is -0.113. The Bertz CT molecular complexity index is 1270. The Morgan fingerprint density at radius 1 is 1.06 bits per heavy atom. The minimum Gasteiger partial charge on any atom is -0.325 e. The number of nitrogens with one attached hydrogen (secondary N) is 1. The molecule has 0 bridgehead atoms. The standard InChI is InChI=1S/C27H27ClN4OS/c1-4-19(3)20-10-12-23(13-11-20)29-25(33)17-34-27-31-30-26(21-6-5-7-22(28)16-21)32(27)24-14-8-18(2)9-15-24/h5-16,19H,4,17H2,1-3H3,(H,29,33). The molecule has 0 saturated heterocycles. The summed E-state index contributed by atoms with van der Waals surface area (Å²) in [5.74, 6) is 1.30. The van der Waals surface area contributed by atoms with Gasteiger partial charge in [0.1, 0.15) is 0 Å². The van der Waals surface area contributed by atoms with E-state index in [0.717, 1.165) is 28.9 Å². The van der Waals surface area contributed by atoms with Gasteiger partial charge in [-0.1, -0.05) is 79.2 Å². The van der Waals surface area contributed by atoms with Gasteiger partial charge in [-0.25, -0.2) is 0 Å². The summed E-state index contributed by atoms with van der Waals surface area (Å²) in [7, 11) is 0. The van der Waals surface area contributed by atoms with Gasteiger partial charge in [-0.3, -0.25) is 9.36 Å². The Morgan fingerprint density at radius 3 is 2.47 bits per heavy atom. The van der Waals surface area contributed by atoms with Gasteiger partial charge in [0.15, 0.2) is 11.0 Å². The monoisotopic (exact) mass is 490 g/mol. The van der Waals surface area contributed by atoms with Gasteiger partial charge in [-0.2, -0.15) is 0 Å². The topological polar surface area (TPSA) is 59.8 Å². The van der Waals surface area contributed by atoms with Gasteiger partial charge in [-0.15, -0.1) is 10.2 Å². The van der Waals surface area contributed by atoms with Crippen LogP contribution in [0.5, 0.6) is 0 Å². The number of anilines is 1. The van der Waals surface area contributed by atoms with Crippen LogP contribution in [0.25, 0.3) is 17.1 Å². The number of halogens is 1. The highest BCUT2D eigenvalue weighted by Crippen LogP contribution is 2.29. The van der Waals surface area contributed by atoms with Crippen LogP contribution in [0.1, 0.15) is 37.3 Å². The summed E-state index contributed by atoms with van der Waals surface area (Å²) >= 11 is 7.57. The molecule has 1 heterocycles. The van der Waals surface area contributed by atoms with Gasteiger partial charge in [0.2, 0.25) is 5.91 Å². The molecule has 0 spiro atoms. The average Bonchev–Trinajstić information content (AvgIpc) is 3.27. The summed E-state index contributed by atoms with van der Waals surface area (Å²) in [6.45, 7) is 6.42. The summed E-state index contributed by atoms with van der Waals surface area (Å²) in [6, 6.07) is 23.7. The quantitative estimate of drug-likeness (QED) is 0.266. The Hall–Kier alpha value is -3.09. The minimum atomic E-state index is -0.0935. The molecule has 174 valence electrons. The highest BCUT2D eigenvalue weighted by molar-refractivity contribution is 7.99. The number of carbonyl (C=O) groups excluding carboxylic acids is 1. The maximum Gasteiger partial charge on any atom is 0.234 e. The number of carbonyl (C=O) groups is 1. The summed E-state index contributed by atoms with van der Waals surface area (Å²) in [4.78, 5) is 12.7. The number of thioether (sulfide) groups is 1. The van der Waals surface area contributed by atoms with Crippen molar-refractivity contribution in [3.63, 3.8) is 0 Å². The van der Waals surface area contributed by atoms with Crippen molar-refractivity contribution in [2.75, 3.05) is 11.1 Å². The second-order valence-electron chi connectivity index (χ2n) is 8.26. The van der Waals surface area contributed by atoms with Crippen LogP contribution < -0.4 is 5.32 Å². The molecule has 1 unspecified atom stereocenters. The highest BCUT2D eigenvalue weighted by Gasteiger charge is 2.18. The molecule has 0 fully saturated rings. The van der Waals surface area contributed by atoms with Crippen molar-refractivity contribution in [1.29, 1.82) is 0 Å². The van der Waals surface area contributed by atoms with E-state index >= 15 is 0 Å². The van der Waals surface area contributed by atoms with Crippen LogP contribution in [0.4, 0.5) is 5.69 Å². The van der Waals surface area contributed by atoms with E-state index in [1.807, 2.05) is 72.2 Å². The van der Waals surface area contributed by atoms with Gasteiger partial charge in [-0.05, 0) is 61.2 Å². The van der Waals surface area contributed by atoms with Gasteiger partial charge in [0, 0.05) is 22.0 Å². The van der Waals surface area contributed by atoms with Crippen LogP contribution in [0.3, 0.4) is 0 Å². The lowest BCUT2D eigenvalue weighted by atomic mass is 9.99. The first-order valence-electron chi connectivity index (χ1n) is 11.3. The summed E-state index contributed by atoms with van der Waals surface area (Å²) in [5, 5.41) is 13.1. The van der Waals surface area contributed by atoms with E-state index in [2.05, 4.69) is 41.5 Å². The molecule has 5 nitrogen and oxygen atoms in total. The molecule has 0 saturated carbocycles. The van der Waals surface area contributed by atoms with Crippen molar-refractivity contribution < 1.29 is 4.79 Å². The first kappa shape index (κ1) is 24.0. The van der Waals surface area contributed by atoms with Crippen molar-refractivity contribution in [3.05, 3.63) is 88.9 Å². The normalized spacial score (nSPS) is 11.9. The fourth-order valence-electron chi connectivity index (χ4n) is 3.56.